The summed E-state index contributed by atoms with van der Waals surface area (Å²) in [7, 11) is 0. The van der Waals surface area contributed by atoms with Gasteiger partial charge in [0.1, 0.15) is 5.76 Å². The standard InChI is InChI=1S/C13H9BrO3/c1-8(16)9-2-4-11(12(14)6-9)13-5-3-10(7-15)17-13/h2-7H,1H3. The number of carbonyl (C=O) groups is 2. The minimum absolute atomic E-state index is 0.00488. The van der Waals surface area contributed by atoms with E-state index in [0.29, 0.717) is 17.6 Å². The number of benzene rings is 1. The molecule has 4 heteroatoms. The Morgan fingerprint density at radius 3 is 2.59 bits per heavy atom. The molecule has 1 aromatic heterocycles. The quantitative estimate of drug-likeness (QED) is 0.640. The Hall–Kier alpha value is -1.68. The lowest BCUT2D eigenvalue weighted by Gasteiger charge is -2.03. The Balaban J connectivity index is 2.46. The maximum Gasteiger partial charge on any atom is 0.185 e. The number of ketones is 1. The molecule has 1 heterocycles. The van der Waals surface area contributed by atoms with Gasteiger partial charge in [-0.25, -0.2) is 0 Å². The molecule has 1 aromatic carbocycles. The first-order valence-electron chi connectivity index (χ1n) is 4.97. The van der Waals surface area contributed by atoms with Crippen molar-refractivity contribution in [1.82, 2.24) is 0 Å². The van der Waals surface area contributed by atoms with Crippen molar-refractivity contribution in [3.63, 3.8) is 0 Å². The molecule has 0 saturated heterocycles. The second-order valence-electron chi connectivity index (χ2n) is 3.57. The summed E-state index contributed by atoms with van der Waals surface area (Å²) in [5.41, 5.74) is 1.44. The van der Waals surface area contributed by atoms with Gasteiger partial charge in [0.05, 0.1) is 0 Å². The van der Waals surface area contributed by atoms with E-state index in [1.165, 1.54) is 6.92 Å². The van der Waals surface area contributed by atoms with Gasteiger partial charge in [-0.15, -0.1) is 0 Å². The van der Waals surface area contributed by atoms with Gasteiger partial charge in [0.25, 0.3) is 0 Å². The van der Waals surface area contributed by atoms with Crippen LogP contribution >= 0.6 is 15.9 Å². The number of hydrogen-bond donors (Lipinski definition) is 0. The van der Waals surface area contributed by atoms with Crippen LogP contribution in [-0.2, 0) is 0 Å². The van der Waals surface area contributed by atoms with Crippen LogP contribution in [0.1, 0.15) is 27.8 Å². The summed E-state index contributed by atoms with van der Waals surface area (Å²) >= 11 is 3.38. The van der Waals surface area contributed by atoms with Crippen LogP contribution in [-0.4, -0.2) is 12.1 Å². The van der Waals surface area contributed by atoms with E-state index in [4.69, 9.17) is 4.42 Å². The van der Waals surface area contributed by atoms with Crippen LogP contribution < -0.4 is 0 Å². The van der Waals surface area contributed by atoms with Crippen LogP contribution in [0.3, 0.4) is 0 Å². The molecule has 0 aliphatic rings. The minimum atomic E-state index is 0.00488. The number of Topliss-reactive ketones (excluding diaryl/α,β-unsaturated/α-hetero) is 1. The summed E-state index contributed by atoms with van der Waals surface area (Å²) in [5.74, 6) is 0.877. The van der Waals surface area contributed by atoms with E-state index in [-0.39, 0.29) is 11.5 Å². The summed E-state index contributed by atoms with van der Waals surface area (Å²) in [4.78, 5) is 21.7. The van der Waals surface area contributed by atoms with Crippen LogP contribution in [0.5, 0.6) is 0 Å². The molecule has 0 bridgehead atoms. The third-order valence-electron chi connectivity index (χ3n) is 2.38. The fourth-order valence-corrected chi connectivity index (χ4v) is 2.07. The predicted octanol–water partition coefficient (Wildman–Crippen LogP) is 3.72. The van der Waals surface area contributed by atoms with E-state index in [9.17, 15) is 9.59 Å². The molecule has 3 nitrogen and oxygen atoms in total. The van der Waals surface area contributed by atoms with Gasteiger partial charge in [-0.05, 0) is 31.2 Å². The summed E-state index contributed by atoms with van der Waals surface area (Å²) in [5, 5.41) is 0. The van der Waals surface area contributed by atoms with E-state index in [1.54, 1.807) is 30.3 Å². The molecule has 0 unspecified atom stereocenters. The molecule has 0 atom stereocenters. The van der Waals surface area contributed by atoms with Gasteiger partial charge in [0.15, 0.2) is 17.8 Å². The lowest BCUT2D eigenvalue weighted by molar-refractivity contribution is 0.101. The molecule has 0 aliphatic heterocycles. The van der Waals surface area contributed by atoms with Gasteiger partial charge < -0.3 is 4.42 Å². The molecule has 0 radical (unpaired) electrons. The number of rotatable bonds is 3. The third-order valence-corrected chi connectivity index (χ3v) is 3.04. The molecule has 17 heavy (non-hydrogen) atoms. The topological polar surface area (TPSA) is 47.3 Å². The van der Waals surface area contributed by atoms with Crippen LogP contribution in [0.25, 0.3) is 11.3 Å². The maximum atomic E-state index is 11.2. The van der Waals surface area contributed by atoms with E-state index in [1.807, 2.05) is 0 Å². The van der Waals surface area contributed by atoms with Gasteiger partial charge in [-0.3, -0.25) is 9.59 Å². The van der Waals surface area contributed by atoms with E-state index in [2.05, 4.69) is 15.9 Å². The van der Waals surface area contributed by atoms with Crippen molar-refractivity contribution in [1.29, 1.82) is 0 Å². The Morgan fingerprint density at radius 1 is 1.29 bits per heavy atom. The number of carbonyl (C=O) groups excluding carboxylic acids is 2. The van der Waals surface area contributed by atoms with Crippen molar-refractivity contribution >= 4 is 28.0 Å². The Bertz CT molecular complexity index is 584. The minimum Gasteiger partial charge on any atom is -0.453 e. The normalized spacial score (nSPS) is 10.2. The SMILES string of the molecule is CC(=O)c1ccc(-c2ccc(C=O)o2)c(Br)c1. The lowest BCUT2D eigenvalue weighted by Crippen LogP contribution is -1.91. The van der Waals surface area contributed by atoms with Crippen molar-refractivity contribution in [2.75, 3.05) is 0 Å². The van der Waals surface area contributed by atoms with Gasteiger partial charge >= 0.3 is 0 Å². The van der Waals surface area contributed by atoms with Gasteiger partial charge in [0.2, 0.25) is 0 Å². The number of hydrogen-bond acceptors (Lipinski definition) is 3. The van der Waals surface area contributed by atoms with Crippen molar-refractivity contribution < 1.29 is 14.0 Å². The molecule has 0 fully saturated rings. The molecule has 0 amide bonds. The molecule has 86 valence electrons. The van der Waals surface area contributed by atoms with Gasteiger partial charge in [0, 0.05) is 15.6 Å². The Labute approximate surface area is 107 Å². The fraction of sp³-hybridized carbons (Fsp3) is 0.0769. The van der Waals surface area contributed by atoms with Crippen LogP contribution in [0.2, 0.25) is 0 Å². The van der Waals surface area contributed by atoms with E-state index >= 15 is 0 Å². The van der Waals surface area contributed by atoms with Crippen LogP contribution in [0.15, 0.2) is 39.2 Å². The monoisotopic (exact) mass is 292 g/mol. The lowest BCUT2D eigenvalue weighted by atomic mass is 10.1. The molecular weight excluding hydrogens is 284 g/mol. The van der Waals surface area contributed by atoms with Crippen molar-refractivity contribution in [2.24, 2.45) is 0 Å². The second kappa shape index (κ2) is 4.67. The third kappa shape index (κ3) is 2.36. The highest BCUT2D eigenvalue weighted by Gasteiger charge is 2.10. The van der Waals surface area contributed by atoms with Gasteiger partial charge in [-0.1, -0.05) is 22.0 Å². The zero-order valence-electron chi connectivity index (χ0n) is 9.07. The average Bonchev–Trinajstić information content (AvgIpc) is 2.77. The molecule has 0 aliphatic carbocycles. The first kappa shape index (κ1) is 11.8. The molecular formula is C13H9BrO3. The van der Waals surface area contributed by atoms with Gasteiger partial charge in [-0.2, -0.15) is 0 Å². The van der Waals surface area contributed by atoms with Crippen molar-refractivity contribution in [2.45, 2.75) is 6.92 Å². The smallest absolute Gasteiger partial charge is 0.185 e. The first-order valence-corrected chi connectivity index (χ1v) is 5.77. The number of furan rings is 1. The highest BCUT2D eigenvalue weighted by molar-refractivity contribution is 9.10. The zero-order chi connectivity index (χ0) is 12.4. The van der Waals surface area contributed by atoms with E-state index < -0.39 is 0 Å². The summed E-state index contributed by atoms with van der Waals surface area (Å²) in [6.45, 7) is 1.51. The summed E-state index contributed by atoms with van der Waals surface area (Å²) < 4.78 is 6.08. The van der Waals surface area contributed by atoms with Crippen LogP contribution in [0, 0.1) is 0 Å². The largest absolute Gasteiger partial charge is 0.453 e. The summed E-state index contributed by atoms with van der Waals surface area (Å²) in [6, 6.07) is 8.57. The molecule has 0 saturated carbocycles. The number of halogens is 1. The maximum absolute atomic E-state index is 11.2. The van der Waals surface area contributed by atoms with Crippen LogP contribution in [0.4, 0.5) is 0 Å². The number of aldehydes is 1. The summed E-state index contributed by atoms with van der Waals surface area (Å²) in [6.07, 6.45) is 0.654. The predicted molar refractivity (Wildman–Crippen MR) is 67.2 cm³/mol. The second-order valence-corrected chi connectivity index (χ2v) is 4.43. The van der Waals surface area contributed by atoms with Crippen molar-refractivity contribution in [3.05, 3.63) is 46.1 Å². The van der Waals surface area contributed by atoms with Crippen molar-refractivity contribution in [3.8, 4) is 11.3 Å². The zero-order valence-corrected chi connectivity index (χ0v) is 10.7. The Morgan fingerprint density at radius 2 is 2.06 bits per heavy atom. The fourth-order valence-electron chi connectivity index (χ4n) is 1.49. The molecule has 2 aromatic rings. The molecule has 0 N–H and O–H groups in total. The average molecular weight is 293 g/mol. The molecule has 0 spiro atoms. The highest BCUT2D eigenvalue weighted by Crippen LogP contribution is 2.30. The first-order chi connectivity index (χ1) is 8.11. The Kier molecular flexibility index (Phi) is 3.24. The van der Waals surface area contributed by atoms with E-state index in [0.717, 1.165) is 10.0 Å². The molecule has 2 rings (SSSR count). The highest BCUT2D eigenvalue weighted by atomic mass is 79.9.